The van der Waals surface area contributed by atoms with Gasteiger partial charge in [-0.25, -0.2) is 0 Å². The summed E-state index contributed by atoms with van der Waals surface area (Å²) in [6.07, 6.45) is 2.74. The summed E-state index contributed by atoms with van der Waals surface area (Å²) in [5.41, 5.74) is 2.54. The summed E-state index contributed by atoms with van der Waals surface area (Å²) < 4.78 is 0. The maximum atomic E-state index is 13.0. The first-order chi connectivity index (χ1) is 15.1. The molecule has 1 N–H and O–H groups in total. The molecule has 0 saturated carbocycles. The van der Waals surface area contributed by atoms with Crippen molar-refractivity contribution in [2.75, 3.05) is 37.2 Å². The number of aryl methyl sites for hydroxylation is 1. The molecule has 7 heteroatoms. The van der Waals surface area contributed by atoms with E-state index < -0.39 is 0 Å². The second kappa shape index (κ2) is 10.0. The number of amides is 3. The van der Waals surface area contributed by atoms with Gasteiger partial charge < -0.3 is 15.1 Å². The van der Waals surface area contributed by atoms with Crippen molar-refractivity contribution < 1.29 is 14.4 Å². The molecule has 1 fully saturated rings. The molecule has 2 heterocycles. The van der Waals surface area contributed by atoms with Crippen molar-refractivity contribution in [3.05, 3.63) is 59.7 Å². The molecule has 2 aliphatic rings. The number of rotatable bonds is 5. The van der Waals surface area contributed by atoms with Crippen LogP contribution in [0.1, 0.15) is 35.2 Å². The number of nitrogens with one attached hydrogen (secondary N) is 1. The van der Waals surface area contributed by atoms with E-state index in [1.54, 1.807) is 22.7 Å². The van der Waals surface area contributed by atoms with E-state index in [1.807, 2.05) is 35.2 Å². The van der Waals surface area contributed by atoms with Gasteiger partial charge in [-0.05, 0) is 36.6 Å². The second-order valence-corrected chi connectivity index (χ2v) is 9.01. The Labute approximate surface area is 187 Å². The minimum Gasteiger partial charge on any atom is -0.339 e. The third-order valence-corrected chi connectivity index (χ3v) is 6.78. The predicted molar refractivity (Wildman–Crippen MR) is 122 cm³/mol. The van der Waals surface area contributed by atoms with E-state index in [1.165, 1.54) is 5.56 Å². The molecule has 1 saturated heterocycles. The standard InChI is InChI=1S/C24H27N3O3S/c28-22-11-16-31-21-10-9-19(17-20(21)25-22)24(30)27-14-12-26(13-15-27)23(29)8-4-7-18-5-2-1-3-6-18/h1-3,5-6,9-10,17H,4,7-8,11-16H2,(H,25,28). The van der Waals surface area contributed by atoms with Crippen LogP contribution in [0.4, 0.5) is 5.69 Å². The fourth-order valence-corrected chi connectivity index (χ4v) is 4.88. The predicted octanol–water partition coefficient (Wildman–Crippen LogP) is 3.43. The molecule has 3 amide bonds. The molecule has 2 aromatic carbocycles. The quantitative estimate of drug-likeness (QED) is 0.778. The molecule has 2 aliphatic heterocycles. The highest BCUT2D eigenvalue weighted by atomic mass is 32.2. The van der Waals surface area contributed by atoms with Crippen LogP contribution in [0, 0.1) is 0 Å². The molecule has 0 spiro atoms. The number of thioether (sulfide) groups is 1. The number of hydrogen-bond donors (Lipinski definition) is 1. The van der Waals surface area contributed by atoms with E-state index in [-0.39, 0.29) is 17.7 Å². The molecule has 0 unspecified atom stereocenters. The number of piperazine rings is 1. The number of anilines is 1. The minimum atomic E-state index is -0.0533. The Morgan fingerprint density at radius 3 is 2.48 bits per heavy atom. The van der Waals surface area contributed by atoms with Gasteiger partial charge in [-0.2, -0.15) is 0 Å². The fraction of sp³-hybridized carbons (Fsp3) is 0.375. The van der Waals surface area contributed by atoms with Crippen LogP contribution in [0.3, 0.4) is 0 Å². The molecular weight excluding hydrogens is 410 g/mol. The first-order valence-electron chi connectivity index (χ1n) is 10.8. The maximum absolute atomic E-state index is 13.0. The number of fused-ring (bicyclic) bond motifs is 1. The van der Waals surface area contributed by atoms with Crippen molar-refractivity contribution in [1.82, 2.24) is 9.80 Å². The average Bonchev–Trinajstić information content (AvgIpc) is 2.99. The lowest BCUT2D eigenvalue weighted by atomic mass is 10.1. The molecule has 6 nitrogen and oxygen atoms in total. The molecule has 4 rings (SSSR count). The van der Waals surface area contributed by atoms with Gasteiger partial charge in [-0.3, -0.25) is 14.4 Å². The van der Waals surface area contributed by atoms with Crippen molar-refractivity contribution in [1.29, 1.82) is 0 Å². The topological polar surface area (TPSA) is 69.7 Å². The Hall–Kier alpha value is -2.80. The summed E-state index contributed by atoms with van der Waals surface area (Å²) in [4.78, 5) is 42.0. The van der Waals surface area contributed by atoms with Crippen molar-refractivity contribution >= 4 is 35.2 Å². The highest BCUT2D eigenvalue weighted by Crippen LogP contribution is 2.31. The van der Waals surface area contributed by atoms with Crippen LogP contribution in [-0.2, 0) is 16.0 Å². The summed E-state index contributed by atoms with van der Waals surface area (Å²) in [6, 6.07) is 15.7. The van der Waals surface area contributed by atoms with Gasteiger partial charge in [-0.15, -0.1) is 11.8 Å². The lowest BCUT2D eigenvalue weighted by Crippen LogP contribution is -2.50. The monoisotopic (exact) mass is 437 g/mol. The first-order valence-corrected chi connectivity index (χ1v) is 11.8. The second-order valence-electron chi connectivity index (χ2n) is 7.87. The van der Waals surface area contributed by atoms with Gasteiger partial charge in [0.25, 0.3) is 5.91 Å². The Bertz CT molecular complexity index is 956. The highest BCUT2D eigenvalue weighted by molar-refractivity contribution is 7.99. The van der Waals surface area contributed by atoms with Crippen molar-refractivity contribution in [2.45, 2.75) is 30.6 Å². The van der Waals surface area contributed by atoms with E-state index >= 15 is 0 Å². The van der Waals surface area contributed by atoms with Gasteiger partial charge >= 0.3 is 0 Å². The SMILES string of the molecule is O=C1CCSc2ccc(C(=O)N3CCN(C(=O)CCCc4ccccc4)CC3)cc2N1. The summed E-state index contributed by atoms with van der Waals surface area (Å²) in [6.45, 7) is 2.18. The number of nitrogens with zero attached hydrogens (tertiary/aromatic N) is 2. The smallest absolute Gasteiger partial charge is 0.254 e. The van der Waals surface area contributed by atoms with Crippen molar-refractivity contribution in [3.8, 4) is 0 Å². The summed E-state index contributed by atoms with van der Waals surface area (Å²) >= 11 is 1.63. The molecule has 0 aliphatic carbocycles. The Balaban J connectivity index is 1.28. The Morgan fingerprint density at radius 1 is 0.968 bits per heavy atom. The van der Waals surface area contributed by atoms with E-state index in [2.05, 4.69) is 17.4 Å². The van der Waals surface area contributed by atoms with Gasteiger partial charge in [0.15, 0.2) is 0 Å². The van der Waals surface area contributed by atoms with E-state index in [0.29, 0.717) is 50.3 Å². The largest absolute Gasteiger partial charge is 0.339 e. The van der Waals surface area contributed by atoms with Crippen molar-refractivity contribution in [3.63, 3.8) is 0 Å². The van der Waals surface area contributed by atoms with Gasteiger partial charge in [0.05, 0.1) is 5.69 Å². The Morgan fingerprint density at radius 2 is 1.71 bits per heavy atom. The zero-order chi connectivity index (χ0) is 21.6. The molecule has 0 atom stereocenters. The van der Waals surface area contributed by atoms with Crippen LogP contribution < -0.4 is 5.32 Å². The van der Waals surface area contributed by atoms with E-state index in [4.69, 9.17) is 0 Å². The van der Waals surface area contributed by atoms with Gasteiger partial charge in [0.2, 0.25) is 11.8 Å². The lowest BCUT2D eigenvalue weighted by Gasteiger charge is -2.35. The van der Waals surface area contributed by atoms with Gasteiger partial charge in [0, 0.05) is 55.2 Å². The molecule has 0 aromatic heterocycles. The van der Waals surface area contributed by atoms with E-state index in [9.17, 15) is 14.4 Å². The minimum absolute atomic E-state index is 0.0183. The molecule has 31 heavy (non-hydrogen) atoms. The molecule has 0 bridgehead atoms. The van der Waals surface area contributed by atoms with Crippen LogP contribution in [0.25, 0.3) is 0 Å². The zero-order valence-electron chi connectivity index (χ0n) is 17.5. The lowest BCUT2D eigenvalue weighted by molar-refractivity contribution is -0.132. The van der Waals surface area contributed by atoms with Crippen LogP contribution in [0.5, 0.6) is 0 Å². The van der Waals surface area contributed by atoms with Crippen LogP contribution in [-0.4, -0.2) is 59.5 Å². The number of benzene rings is 2. The summed E-state index contributed by atoms with van der Waals surface area (Å²) in [7, 11) is 0. The number of hydrogen-bond acceptors (Lipinski definition) is 4. The normalized spacial score (nSPS) is 16.3. The average molecular weight is 438 g/mol. The number of carbonyl (C=O) groups is 3. The summed E-state index contributed by atoms with van der Waals surface area (Å²) in [5.74, 6) is 0.832. The molecule has 162 valence electrons. The summed E-state index contributed by atoms with van der Waals surface area (Å²) in [5, 5.41) is 2.89. The van der Waals surface area contributed by atoms with Crippen LogP contribution in [0.15, 0.2) is 53.4 Å². The Kier molecular flexibility index (Phi) is 6.92. The molecule has 0 radical (unpaired) electrons. The fourth-order valence-electron chi connectivity index (χ4n) is 3.94. The molecule has 2 aromatic rings. The highest BCUT2D eigenvalue weighted by Gasteiger charge is 2.25. The van der Waals surface area contributed by atoms with E-state index in [0.717, 1.165) is 23.5 Å². The van der Waals surface area contributed by atoms with Crippen molar-refractivity contribution in [2.24, 2.45) is 0 Å². The third kappa shape index (κ3) is 5.47. The first kappa shape index (κ1) is 21.4. The van der Waals surface area contributed by atoms with Crippen LogP contribution in [0.2, 0.25) is 0 Å². The van der Waals surface area contributed by atoms with Gasteiger partial charge in [0.1, 0.15) is 0 Å². The maximum Gasteiger partial charge on any atom is 0.254 e. The third-order valence-electron chi connectivity index (χ3n) is 5.71. The van der Waals surface area contributed by atoms with Crippen LogP contribution >= 0.6 is 11.8 Å². The van der Waals surface area contributed by atoms with Gasteiger partial charge in [-0.1, -0.05) is 30.3 Å². The molecular formula is C24H27N3O3S. The zero-order valence-corrected chi connectivity index (χ0v) is 18.3. The number of carbonyl (C=O) groups excluding carboxylic acids is 3.